The van der Waals surface area contributed by atoms with Gasteiger partial charge < -0.3 is 9.73 Å². The summed E-state index contributed by atoms with van der Waals surface area (Å²) in [6.45, 7) is 11.4. The van der Waals surface area contributed by atoms with Crippen molar-refractivity contribution in [1.29, 1.82) is 0 Å². The van der Waals surface area contributed by atoms with E-state index in [4.69, 9.17) is 9.40 Å². The number of anilines is 1. The van der Waals surface area contributed by atoms with Crippen molar-refractivity contribution in [2.75, 3.05) is 25.0 Å². The highest BCUT2D eigenvalue weighted by atomic mass is 16.3. The summed E-state index contributed by atoms with van der Waals surface area (Å²) in [4.78, 5) is 4.98. The van der Waals surface area contributed by atoms with Crippen LogP contribution in [0.1, 0.15) is 26.3 Å². The topological polar surface area (TPSA) is 41.1 Å². The molecule has 1 N–H and O–H groups in total. The zero-order valence-electron chi connectivity index (χ0n) is 16.5. The molecule has 0 spiro atoms. The first-order valence-electron chi connectivity index (χ1n) is 9.75. The van der Waals surface area contributed by atoms with Crippen molar-refractivity contribution in [2.45, 2.75) is 27.7 Å². The molecule has 2 aliphatic rings. The van der Waals surface area contributed by atoms with Gasteiger partial charge in [0, 0.05) is 23.7 Å². The van der Waals surface area contributed by atoms with Crippen LogP contribution in [0.3, 0.4) is 0 Å². The molecule has 0 saturated heterocycles. The molecule has 0 saturated carbocycles. The Morgan fingerprint density at radius 3 is 2.44 bits per heavy atom. The maximum atomic E-state index is 6.35. The third-order valence-corrected chi connectivity index (χ3v) is 5.19. The fourth-order valence-corrected chi connectivity index (χ4v) is 3.80. The molecule has 2 aromatic carbocycles. The molecular weight excluding hydrogens is 334 g/mol. The molecule has 4 heteroatoms. The summed E-state index contributed by atoms with van der Waals surface area (Å²) in [6.07, 6.45) is 0. The highest BCUT2D eigenvalue weighted by Gasteiger charge is 2.18. The average Bonchev–Trinajstić information content (AvgIpc) is 2.69. The smallest absolute Gasteiger partial charge is 0.211 e. The summed E-state index contributed by atoms with van der Waals surface area (Å²) in [5.74, 6) is 0.828. The number of aryl methyl sites for hydroxylation is 1. The van der Waals surface area contributed by atoms with Crippen LogP contribution in [0.25, 0.3) is 33.3 Å². The summed E-state index contributed by atoms with van der Waals surface area (Å²) in [6, 6.07) is 14.8. The Morgan fingerprint density at radius 2 is 1.74 bits per heavy atom. The summed E-state index contributed by atoms with van der Waals surface area (Å²) in [5, 5.41) is 6.95. The van der Waals surface area contributed by atoms with E-state index in [0.717, 1.165) is 53.3 Å². The van der Waals surface area contributed by atoms with Crippen LogP contribution in [0.2, 0.25) is 0 Å². The third kappa shape index (κ3) is 2.95. The highest BCUT2D eigenvalue weighted by Crippen LogP contribution is 2.32. The predicted molar refractivity (Wildman–Crippen MR) is 113 cm³/mol. The molecule has 27 heavy (non-hydrogen) atoms. The number of aromatic nitrogens is 1. The van der Waals surface area contributed by atoms with E-state index in [1.807, 2.05) is 0 Å². The highest BCUT2D eigenvalue weighted by molar-refractivity contribution is 5.96. The van der Waals surface area contributed by atoms with Crippen molar-refractivity contribution in [2.24, 2.45) is 0 Å². The third-order valence-electron chi connectivity index (χ3n) is 5.19. The van der Waals surface area contributed by atoms with Crippen LogP contribution in [0.4, 0.5) is 5.69 Å². The molecule has 4 nitrogen and oxygen atoms in total. The van der Waals surface area contributed by atoms with E-state index in [0.29, 0.717) is 0 Å². The number of nitrogens with zero attached hydrogens (tertiary/aromatic N) is 2. The normalized spacial score (nSPS) is 11.4. The molecule has 4 rings (SSSR count). The first kappa shape index (κ1) is 17.5. The lowest BCUT2D eigenvalue weighted by Crippen LogP contribution is -2.30. The zero-order chi connectivity index (χ0) is 19.0. The molecule has 138 valence electrons. The quantitative estimate of drug-likeness (QED) is 0.327. The van der Waals surface area contributed by atoms with E-state index in [9.17, 15) is 0 Å². The van der Waals surface area contributed by atoms with Crippen LogP contribution in [-0.4, -0.2) is 24.6 Å². The van der Waals surface area contributed by atoms with Crippen LogP contribution in [0.15, 0.2) is 46.9 Å². The Morgan fingerprint density at radius 1 is 1.00 bits per heavy atom. The second kappa shape index (κ2) is 7.03. The van der Waals surface area contributed by atoms with Crippen molar-refractivity contribution in [3.05, 3.63) is 53.4 Å². The van der Waals surface area contributed by atoms with Crippen molar-refractivity contribution in [3.8, 4) is 11.5 Å². The van der Waals surface area contributed by atoms with Crippen molar-refractivity contribution >= 4 is 27.6 Å². The molecule has 0 bridgehead atoms. The van der Waals surface area contributed by atoms with E-state index >= 15 is 0 Å². The molecule has 0 amide bonds. The van der Waals surface area contributed by atoms with Crippen molar-refractivity contribution in [3.63, 3.8) is 0 Å². The fourth-order valence-electron chi connectivity index (χ4n) is 3.80. The Bertz CT molecular complexity index is 1170. The van der Waals surface area contributed by atoms with Gasteiger partial charge >= 0.3 is 0 Å². The summed E-state index contributed by atoms with van der Waals surface area (Å²) < 4.78 is 8.71. The lowest BCUT2D eigenvalue weighted by molar-refractivity contribution is 0.603. The molecule has 0 radical (unpaired) electrons. The molecule has 0 unspecified atom stereocenters. The van der Waals surface area contributed by atoms with Gasteiger partial charge in [0.05, 0.1) is 11.5 Å². The number of fused-ring (bicyclic) bond motifs is 4. The van der Waals surface area contributed by atoms with E-state index in [1.54, 1.807) is 0 Å². The van der Waals surface area contributed by atoms with Crippen LogP contribution >= 0.6 is 0 Å². The van der Waals surface area contributed by atoms with Gasteiger partial charge in [-0.05, 0) is 45.4 Å². The van der Waals surface area contributed by atoms with Crippen LogP contribution in [-0.2, 0) is 0 Å². The summed E-state index contributed by atoms with van der Waals surface area (Å²) in [7, 11) is 0. The molecule has 0 atom stereocenters. The molecule has 0 aromatic heterocycles. The van der Waals surface area contributed by atoms with Gasteiger partial charge in [0.1, 0.15) is 24.3 Å². The Balaban J connectivity index is 2.14. The largest absolute Gasteiger partial charge is 0.452 e. The predicted octanol–water partition coefficient (Wildman–Crippen LogP) is 4.64. The number of rotatable bonds is 4. The van der Waals surface area contributed by atoms with Gasteiger partial charge in [-0.25, -0.2) is 9.56 Å². The minimum absolute atomic E-state index is 0.810. The standard InChI is InChI=1S/C23H25N3O/c1-5-24-18-13-21-19(12-15(18)4)25-23-17-11-9-8-10-16(17)20(14-22(23)27-21)26(6-2)7-3/h8-14H,5-7H2,1-4H3/p+1. The monoisotopic (exact) mass is 360 g/mol. The maximum absolute atomic E-state index is 6.35. The lowest BCUT2D eigenvalue weighted by atomic mass is 10.0. The molecule has 1 aliphatic carbocycles. The average molecular weight is 360 g/mol. The van der Waals surface area contributed by atoms with Gasteiger partial charge in [0.15, 0.2) is 11.3 Å². The van der Waals surface area contributed by atoms with Crippen LogP contribution in [0.5, 0.6) is 0 Å². The second-order valence-electron chi connectivity index (χ2n) is 6.84. The lowest BCUT2D eigenvalue weighted by Gasteiger charge is -2.13. The van der Waals surface area contributed by atoms with Gasteiger partial charge in [-0.15, -0.1) is 0 Å². The second-order valence-corrected chi connectivity index (χ2v) is 6.84. The molecule has 2 aromatic rings. The van der Waals surface area contributed by atoms with Gasteiger partial charge in [-0.1, -0.05) is 18.2 Å². The maximum Gasteiger partial charge on any atom is 0.211 e. The SMILES string of the molecule is CCNc1cc2oc3cc(=[N+](CC)CC)c4ccccc4c-3nc2cc1C. The number of hydrogen-bond acceptors (Lipinski definition) is 3. The number of nitrogens with one attached hydrogen (secondary N) is 1. The van der Waals surface area contributed by atoms with Gasteiger partial charge in [-0.2, -0.15) is 0 Å². The Kier molecular flexibility index (Phi) is 4.56. The van der Waals surface area contributed by atoms with Gasteiger partial charge in [-0.3, -0.25) is 0 Å². The molecule has 0 fully saturated rings. The minimum Gasteiger partial charge on any atom is -0.452 e. The van der Waals surface area contributed by atoms with Crippen LogP contribution < -0.4 is 15.2 Å². The number of benzene rings is 3. The van der Waals surface area contributed by atoms with Crippen LogP contribution in [0, 0.1) is 6.92 Å². The summed E-state index contributed by atoms with van der Waals surface area (Å²) >= 11 is 0. The van der Waals surface area contributed by atoms with Crippen molar-refractivity contribution < 1.29 is 4.42 Å². The van der Waals surface area contributed by atoms with E-state index in [-0.39, 0.29) is 0 Å². The van der Waals surface area contributed by atoms with Gasteiger partial charge in [0.25, 0.3) is 0 Å². The number of hydrogen-bond donors (Lipinski definition) is 1. The Hall–Kier alpha value is -2.88. The van der Waals surface area contributed by atoms with E-state index < -0.39 is 0 Å². The molecule has 1 aliphatic heterocycles. The molecular formula is C23H26N3O+. The van der Waals surface area contributed by atoms with E-state index in [2.05, 4.69) is 80.1 Å². The van der Waals surface area contributed by atoms with Gasteiger partial charge in [0.2, 0.25) is 5.36 Å². The first-order valence-corrected chi connectivity index (χ1v) is 9.75. The first-order chi connectivity index (χ1) is 13.2. The van der Waals surface area contributed by atoms with Crippen molar-refractivity contribution in [1.82, 2.24) is 9.56 Å². The molecule has 1 heterocycles. The fraction of sp³-hybridized carbons (Fsp3) is 0.304. The minimum atomic E-state index is 0.810. The Labute approximate surface area is 159 Å². The summed E-state index contributed by atoms with van der Waals surface area (Å²) in [5.41, 5.74) is 4.90. The van der Waals surface area contributed by atoms with E-state index in [1.165, 1.54) is 16.3 Å². The zero-order valence-corrected chi connectivity index (χ0v) is 16.5.